The van der Waals surface area contributed by atoms with Crippen LogP contribution < -0.4 is 10.1 Å². The summed E-state index contributed by atoms with van der Waals surface area (Å²) in [7, 11) is 1.57. The maximum absolute atomic E-state index is 12.5. The molecule has 2 aromatic carbocycles. The van der Waals surface area contributed by atoms with E-state index in [4.69, 9.17) is 16.3 Å². The van der Waals surface area contributed by atoms with Gasteiger partial charge < -0.3 is 10.1 Å². The van der Waals surface area contributed by atoms with E-state index in [-0.39, 0.29) is 11.7 Å². The fraction of sp³-hybridized carbons (Fsp3) is 0.143. The second-order valence-electron chi connectivity index (χ2n) is 6.52. The molecule has 0 atom stereocenters. The van der Waals surface area contributed by atoms with Gasteiger partial charge in [-0.25, -0.2) is 0 Å². The summed E-state index contributed by atoms with van der Waals surface area (Å²) in [5.74, 6) is 0.598. The molecule has 2 aromatic heterocycles. The first-order chi connectivity index (χ1) is 14.5. The number of aryl methyl sites for hydroxylation is 1. The molecule has 1 N–H and O–H groups in total. The highest BCUT2D eigenvalue weighted by Gasteiger charge is 2.13. The first-order valence-electron chi connectivity index (χ1n) is 9.09. The van der Waals surface area contributed by atoms with Gasteiger partial charge in [0.15, 0.2) is 5.65 Å². The largest absolute Gasteiger partial charge is 0.495 e. The number of amides is 1. The molecule has 2 heterocycles. The second kappa shape index (κ2) is 8.73. The normalized spacial score (nSPS) is 10.9. The van der Waals surface area contributed by atoms with Crippen LogP contribution in [0, 0.1) is 6.92 Å². The topological polar surface area (TPSA) is 81.4 Å². The number of nitrogens with one attached hydrogen (secondary N) is 1. The molecule has 0 fully saturated rings. The van der Waals surface area contributed by atoms with Crippen molar-refractivity contribution in [3.05, 3.63) is 65.2 Å². The predicted octanol–water partition coefficient (Wildman–Crippen LogP) is 4.49. The van der Waals surface area contributed by atoms with E-state index in [1.165, 1.54) is 11.8 Å². The summed E-state index contributed by atoms with van der Waals surface area (Å²) in [6.45, 7) is 1.95. The molecular weight excluding hydrogens is 422 g/mol. The van der Waals surface area contributed by atoms with E-state index in [2.05, 4.69) is 20.6 Å². The van der Waals surface area contributed by atoms with Crippen LogP contribution in [-0.4, -0.2) is 38.6 Å². The molecule has 0 unspecified atom stereocenters. The highest BCUT2D eigenvalue weighted by atomic mass is 35.5. The Kier molecular flexibility index (Phi) is 5.87. The zero-order chi connectivity index (χ0) is 21.1. The van der Waals surface area contributed by atoms with E-state index in [1.807, 2.05) is 61.5 Å². The maximum atomic E-state index is 12.5. The molecule has 152 valence electrons. The third-order valence-electron chi connectivity index (χ3n) is 4.34. The lowest BCUT2D eigenvalue weighted by Crippen LogP contribution is -2.15. The van der Waals surface area contributed by atoms with E-state index < -0.39 is 0 Å². The number of methoxy groups -OCH3 is 1. The minimum atomic E-state index is -0.172. The van der Waals surface area contributed by atoms with Gasteiger partial charge in [-0.1, -0.05) is 41.6 Å². The Morgan fingerprint density at radius 3 is 2.70 bits per heavy atom. The minimum absolute atomic E-state index is 0.157. The Hall–Kier alpha value is -3.10. The molecule has 7 nitrogen and oxygen atoms in total. The van der Waals surface area contributed by atoms with E-state index in [9.17, 15) is 4.79 Å². The Balaban J connectivity index is 1.50. The van der Waals surface area contributed by atoms with Crippen LogP contribution in [0.2, 0.25) is 5.02 Å². The molecule has 4 rings (SSSR count). The predicted molar refractivity (Wildman–Crippen MR) is 118 cm³/mol. The zero-order valence-electron chi connectivity index (χ0n) is 16.3. The van der Waals surface area contributed by atoms with Crippen LogP contribution in [0.4, 0.5) is 5.69 Å². The molecular formula is C21H18ClN5O2S. The van der Waals surface area contributed by atoms with Crippen molar-refractivity contribution in [2.75, 3.05) is 18.2 Å². The smallest absolute Gasteiger partial charge is 0.234 e. The van der Waals surface area contributed by atoms with Gasteiger partial charge in [-0.15, -0.1) is 10.2 Å². The summed E-state index contributed by atoms with van der Waals surface area (Å²) in [4.78, 5) is 12.5. The van der Waals surface area contributed by atoms with Gasteiger partial charge in [0, 0.05) is 10.6 Å². The van der Waals surface area contributed by atoms with Gasteiger partial charge in [-0.2, -0.15) is 9.61 Å². The van der Waals surface area contributed by atoms with Crippen LogP contribution in [0.5, 0.6) is 5.75 Å². The monoisotopic (exact) mass is 439 g/mol. The van der Waals surface area contributed by atoms with Crippen LogP contribution in [-0.2, 0) is 4.79 Å². The van der Waals surface area contributed by atoms with Crippen LogP contribution in [0.25, 0.3) is 16.9 Å². The van der Waals surface area contributed by atoms with Gasteiger partial charge in [0.25, 0.3) is 0 Å². The minimum Gasteiger partial charge on any atom is -0.495 e. The quantitative estimate of drug-likeness (QED) is 0.446. The third kappa shape index (κ3) is 4.39. The van der Waals surface area contributed by atoms with Crippen LogP contribution in [0.1, 0.15) is 5.56 Å². The Labute approximate surface area is 182 Å². The van der Waals surface area contributed by atoms with Gasteiger partial charge >= 0.3 is 0 Å². The number of hydrogen-bond acceptors (Lipinski definition) is 6. The van der Waals surface area contributed by atoms with Crippen molar-refractivity contribution in [2.24, 2.45) is 0 Å². The molecule has 30 heavy (non-hydrogen) atoms. The Morgan fingerprint density at radius 2 is 1.93 bits per heavy atom. The van der Waals surface area contributed by atoms with E-state index >= 15 is 0 Å². The number of aromatic nitrogens is 4. The molecule has 0 saturated heterocycles. The molecule has 1 amide bonds. The first kappa shape index (κ1) is 20.2. The summed E-state index contributed by atoms with van der Waals surface area (Å²) in [5.41, 5.74) is 3.96. The lowest BCUT2D eigenvalue weighted by molar-refractivity contribution is -0.113. The molecule has 0 radical (unpaired) electrons. The molecule has 0 spiro atoms. The zero-order valence-corrected chi connectivity index (χ0v) is 17.9. The van der Waals surface area contributed by atoms with E-state index in [0.29, 0.717) is 27.3 Å². The molecule has 0 aliphatic heterocycles. The summed E-state index contributed by atoms with van der Waals surface area (Å²) >= 11 is 7.22. The number of nitrogens with zero attached hydrogens (tertiary/aromatic N) is 4. The highest BCUT2D eigenvalue weighted by Crippen LogP contribution is 2.26. The van der Waals surface area contributed by atoms with Gasteiger partial charge in [-0.05, 0) is 48.9 Å². The number of ether oxygens (including phenoxy) is 1. The molecule has 0 bridgehead atoms. The molecule has 9 heteroatoms. The summed E-state index contributed by atoms with van der Waals surface area (Å²) in [5, 5.41) is 17.0. The number of anilines is 1. The van der Waals surface area contributed by atoms with Crippen molar-refractivity contribution in [2.45, 2.75) is 12.1 Å². The number of hydrogen-bond donors (Lipinski definition) is 1. The number of thioether (sulfide) groups is 1. The van der Waals surface area contributed by atoms with Crippen molar-refractivity contribution in [1.82, 2.24) is 19.8 Å². The summed E-state index contributed by atoms with van der Waals surface area (Å²) in [6, 6.07) is 16.8. The second-order valence-corrected chi connectivity index (χ2v) is 7.90. The van der Waals surface area contributed by atoms with Gasteiger partial charge in [-0.3, -0.25) is 4.79 Å². The fourth-order valence-electron chi connectivity index (χ4n) is 2.87. The van der Waals surface area contributed by atoms with Gasteiger partial charge in [0.1, 0.15) is 5.75 Å². The van der Waals surface area contributed by atoms with E-state index in [1.54, 1.807) is 11.6 Å². The fourth-order valence-corrected chi connectivity index (χ4v) is 3.68. The Bertz CT molecular complexity index is 1210. The van der Waals surface area contributed by atoms with E-state index in [0.717, 1.165) is 16.8 Å². The first-order valence-corrected chi connectivity index (χ1v) is 10.5. The maximum Gasteiger partial charge on any atom is 0.234 e. The standard InChI is InChI=1S/C21H18ClN5O2S/c1-13-3-9-18(29-2)17(11-13)23-20(28)12-30-21-25-24-19-10-8-16(26-27(19)21)14-4-6-15(22)7-5-14/h3-11H,12H2,1-2H3,(H,23,28). The number of carbonyl (C=O) groups excluding carboxylic acids is 1. The highest BCUT2D eigenvalue weighted by molar-refractivity contribution is 7.99. The van der Waals surface area contributed by atoms with Crippen LogP contribution >= 0.6 is 23.4 Å². The molecule has 0 saturated carbocycles. The summed E-state index contributed by atoms with van der Waals surface area (Å²) in [6.07, 6.45) is 0. The number of benzene rings is 2. The number of carbonyl (C=O) groups is 1. The van der Waals surface area contributed by atoms with Crippen molar-refractivity contribution in [3.63, 3.8) is 0 Å². The third-order valence-corrected chi connectivity index (χ3v) is 5.51. The van der Waals surface area contributed by atoms with Crippen molar-refractivity contribution < 1.29 is 9.53 Å². The van der Waals surface area contributed by atoms with Crippen molar-refractivity contribution >= 4 is 40.6 Å². The molecule has 4 aromatic rings. The van der Waals surface area contributed by atoms with Gasteiger partial charge in [0.05, 0.1) is 24.2 Å². The van der Waals surface area contributed by atoms with Crippen molar-refractivity contribution in [1.29, 1.82) is 0 Å². The van der Waals surface area contributed by atoms with Gasteiger partial charge in [0.2, 0.25) is 11.1 Å². The average molecular weight is 440 g/mol. The number of rotatable bonds is 6. The average Bonchev–Trinajstić information content (AvgIpc) is 3.15. The van der Waals surface area contributed by atoms with Crippen LogP contribution in [0.15, 0.2) is 59.8 Å². The van der Waals surface area contributed by atoms with Crippen molar-refractivity contribution in [3.8, 4) is 17.0 Å². The lowest BCUT2D eigenvalue weighted by Gasteiger charge is -2.10. The summed E-state index contributed by atoms with van der Waals surface area (Å²) < 4.78 is 6.94. The van der Waals surface area contributed by atoms with Crippen LogP contribution in [0.3, 0.4) is 0 Å². The number of fused-ring (bicyclic) bond motifs is 1. The SMILES string of the molecule is COc1ccc(C)cc1NC(=O)CSc1nnc2ccc(-c3ccc(Cl)cc3)nn12. The number of halogens is 1. The Morgan fingerprint density at radius 1 is 1.13 bits per heavy atom. The molecule has 0 aliphatic rings. The molecule has 0 aliphatic carbocycles. The lowest BCUT2D eigenvalue weighted by atomic mass is 10.1.